The molecule has 0 aliphatic carbocycles. The van der Waals surface area contributed by atoms with Gasteiger partial charge in [-0.2, -0.15) is 0 Å². The predicted molar refractivity (Wildman–Crippen MR) is 94.7 cm³/mol. The molecular weight excluding hydrogens is 290 g/mol. The molecule has 0 aromatic heterocycles. The van der Waals surface area contributed by atoms with Gasteiger partial charge in [0, 0.05) is 18.8 Å². The molecule has 0 atom stereocenters. The van der Waals surface area contributed by atoms with Crippen molar-refractivity contribution in [2.45, 2.75) is 40.5 Å². The molecule has 1 rings (SSSR count). The zero-order valence-electron chi connectivity index (χ0n) is 14.9. The van der Waals surface area contributed by atoms with Crippen LogP contribution in [0.1, 0.15) is 44.7 Å². The Balaban J connectivity index is 2.64. The Kier molecular flexibility index (Phi) is 7.75. The third-order valence-electron chi connectivity index (χ3n) is 3.98. The summed E-state index contributed by atoms with van der Waals surface area (Å²) < 4.78 is 0. The van der Waals surface area contributed by atoms with Crippen LogP contribution >= 0.6 is 0 Å². The fourth-order valence-corrected chi connectivity index (χ4v) is 2.46. The van der Waals surface area contributed by atoms with E-state index in [4.69, 9.17) is 0 Å². The Labute approximate surface area is 139 Å². The maximum Gasteiger partial charge on any atom is 0.313 e. The van der Waals surface area contributed by atoms with Crippen LogP contribution in [0.4, 0.5) is 5.69 Å². The molecule has 0 saturated heterocycles. The van der Waals surface area contributed by atoms with Gasteiger partial charge in [0.15, 0.2) is 0 Å². The van der Waals surface area contributed by atoms with E-state index in [2.05, 4.69) is 43.2 Å². The Morgan fingerprint density at radius 2 is 1.78 bits per heavy atom. The number of anilines is 1. The van der Waals surface area contributed by atoms with E-state index in [1.54, 1.807) is 0 Å². The molecule has 5 heteroatoms. The predicted octanol–water partition coefficient (Wildman–Crippen LogP) is 2.51. The summed E-state index contributed by atoms with van der Waals surface area (Å²) in [6, 6.07) is 5.87. The number of hydrogen-bond acceptors (Lipinski definition) is 3. The second-order valence-electron chi connectivity index (χ2n) is 5.93. The quantitative estimate of drug-likeness (QED) is 0.759. The zero-order valence-corrected chi connectivity index (χ0v) is 14.9. The van der Waals surface area contributed by atoms with Crippen molar-refractivity contribution in [3.63, 3.8) is 0 Å². The van der Waals surface area contributed by atoms with Crippen molar-refractivity contribution in [3.05, 3.63) is 29.3 Å². The van der Waals surface area contributed by atoms with E-state index in [-0.39, 0.29) is 5.92 Å². The first-order valence-electron chi connectivity index (χ1n) is 8.31. The summed E-state index contributed by atoms with van der Waals surface area (Å²) in [6.07, 6.45) is 0. The third-order valence-corrected chi connectivity index (χ3v) is 3.98. The first-order valence-corrected chi connectivity index (χ1v) is 8.31. The second kappa shape index (κ2) is 9.30. The standard InChI is InChI=1S/C18H29N3O2/c1-6-21(7-2)12-11-19-17(22)18(23)20-16-14(5)9-8-10-15(16)13(3)4/h8-10,13H,6-7,11-12H2,1-5H3,(H,19,22)(H,20,23). The van der Waals surface area contributed by atoms with Gasteiger partial charge in [-0.15, -0.1) is 0 Å². The molecule has 2 N–H and O–H groups in total. The fraction of sp³-hybridized carbons (Fsp3) is 0.556. The van der Waals surface area contributed by atoms with Crippen molar-refractivity contribution in [1.29, 1.82) is 0 Å². The minimum absolute atomic E-state index is 0.274. The van der Waals surface area contributed by atoms with Gasteiger partial charge in [0.05, 0.1) is 0 Å². The summed E-state index contributed by atoms with van der Waals surface area (Å²) in [7, 11) is 0. The van der Waals surface area contributed by atoms with Gasteiger partial charge in [-0.25, -0.2) is 0 Å². The molecule has 0 fully saturated rings. The van der Waals surface area contributed by atoms with Gasteiger partial charge in [-0.1, -0.05) is 45.9 Å². The number of para-hydroxylation sites is 1. The summed E-state index contributed by atoms with van der Waals surface area (Å²) in [4.78, 5) is 26.3. The lowest BCUT2D eigenvalue weighted by Crippen LogP contribution is -2.40. The summed E-state index contributed by atoms with van der Waals surface area (Å²) in [5.41, 5.74) is 2.74. The molecule has 0 unspecified atom stereocenters. The van der Waals surface area contributed by atoms with Crippen LogP contribution in [-0.4, -0.2) is 42.9 Å². The van der Waals surface area contributed by atoms with Gasteiger partial charge < -0.3 is 15.5 Å². The lowest BCUT2D eigenvalue weighted by Gasteiger charge is -2.18. The van der Waals surface area contributed by atoms with Gasteiger partial charge in [0.25, 0.3) is 0 Å². The maximum atomic E-state index is 12.1. The summed E-state index contributed by atoms with van der Waals surface area (Å²) in [6.45, 7) is 13.3. The number of rotatable bonds is 7. The van der Waals surface area contributed by atoms with Gasteiger partial charge in [0.2, 0.25) is 0 Å². The molecule has 2 amide bonds. The highest BCUT2D eigenvalue weighted by molar-refractivity contribution is 6.39. The fourth-order valence-electron chi connectivity index (χ4n) is 2.46. The Hall–Kier alpha value is -1.88. The van der Waals surface area contributed by atoms with Crippen molar-refractivity contribution in [2.24, 2.45) is 0 Å². The first-order chi connectivity index (χ1) is 10.9. The summed E-state index contributed by atoms with van der Waals surface area (Å²) in [5.74, 6) is -0.924. The van der Waals surface area contributed by atoms with Crippen LogP contribution in [0.3, 0.4) is 0 Å². The highest BCUT2D eigenvalue weighted by Gasteiger charge is 2.17. The highest BCUT2D eigenvalue weighted by Crippen LogP contribution is 2.27. The van der Waals surface area contributed by atoms with Crippen LogP contribution in [0.25, 0.3) is 0 Å². The number of likely N-dealkylation sites (N-methyl/N-ethyl adjacent to an activating group) is 1. The Bertz CT molecular complexity index is 537. The largest absolute Gasteiger partial charge is 0.347 e. The van der Waals surface area contributed by atoms with E-state index < -0.39 is 11.8 Å². The van der Waals surface area contributed by atoms with E-state index in [1.165, 1.54) is 0 Å². The molecule has 1 aromatic carbocycles. The maximum absolute atomic E-state index is 12.1. The molecule has 5 nitrogen and oxygen atoms in total. The molecule has 23 heavy (non-hydrogen) atoms. The van der Waals surface area contributed by atoms with Gasteiger partial charge in [-0.3, -0.25) is 9.59 Å². The van der Waals surface area contributed by atoms with E-state index in [0.717, 1.165) is 36.4 Å². The molecule has 128 valence electrons. The van der Waals surface area contributed by atoms with Crippen LogP contribution in [-0.2, 0) is 9.59 Å². The number of aryl methyl sites for hydroxylation is 1. The first kappa shape index (κ1) is 19.2. The van der Waals surface area contributed by atoms with Crippen LogP contribution in [0, 0.1) is 6.92 Å². The van der Waals surface area contributed by atoms with Crippen LogP contribution in [0.15, 0.2) is 18.2 Å². The normalized spacial score (nSPS) is 10.9. The van der Waals surface area contributed by atoms with E-state index in [0.29, 0.717) is 6.54 Å². The van der Waals surface area contributed by atoms with Gasteiger partial charge in [0.1, 0.15) is 0 Å². The molecule has 0 aliphatic rings. The molecule has 1 aromatic rings. The topological polar surface area (TPSA) is 61.4 Å². The monoisotopic (exact) mass is 319 g/mol. The molecule has 0 heterocycles. The number of nitrogens with one attached hydrogen (secondary N) is 2. The lowest BCUT2D eigenvalue weighted by molar-refractivity contribution is -0.136. The molecule has 0 radical (unpaired) electrons. The number of benzene rings is 1. The SMILES string of the molecule is CCN(CC)CCNC(=O)C(=O)Nc1c(C)cccc1C(C)C. The number of hydrogen-bond donors (Lipinski definition) is 2. The minimum Gasteiger partial charge on any atom is -0.347 e. The average Bonchev–Trinajstić information content (AvgIpc) is 2.52. The Morgan fingerprint density at radius 1 is 1.13 bits per heavy atom. The average molecular weight is 319 g/mol. The summed E-state index contributed by atoms with van der Waals surface area (Å²) >= 11 is 0. The summed E-state index contributed by atoms with van der Waals surface area (Å²) in [5, 5.41) is 5.44. The number of carbonyl (C=O) groups is 2. The zero-order chi connectivity index (χ0) is 17.4. The van der Waals surface area contributed by atoms with Crippen molar-refractivity contribution >= 4 is 17.5 Å². The van der Waals surface area contributed by atoms with Crippen LogP contribution in [0.2, 0.25) is 0 Å². The third kappa shape index (κ3) is 5.67. The molecule has 0 spiro atoms. The number of carbonyl (C=O) groups excluding carboxylic acids is 2. The van der Waals surface area contributed by atoms with Crippen LogP contribution < -0.4 is 10.6 Å². The van der Waals surface area contributed by atoms with Gasteiger partial charge >= 0.3 is 11.8 Å². The van der Waals surface area contributed by atoms with E-state index >= 15 is 0 Å². The molecule has 0 bridgehead atoms. The highest BCUT2D eigenvalue weighted by atomic mass is 16.2. The molecule has 0 aliphatic heterocycles. The smallest absolute Gasteiger partial charge is 0.313 e. The van der Waals surface area contributed by atoms with Crippen molar-refractivity contribution in [3.8, 4) is 0 Å². The van der Waals surface area contributed by atoms with Crippen molar-refractivity contribution in [2.75, 3.05) is 31.5 Å². The number of amides is 2. The molecular formula is C18H29N3O2. The lowest BCUT2D eigenvalue weighted by atomic mass is 9.98. The van der Waals surface area contributed by atoms with Crippen molar-refractivity contribution in [1.82, 2.24) is 10.2 Å². The van der Waals surface area contributed by atoms with E-state index in [1.807, 2.05) is 25.1 Å². The minimum atomic E-state index is -0.610. The Morgan fingerprint density at radius 3 is 2.35 bits per heavy atom. The molecule has 0 saturated carbocycles. The van der Waals surface area contributed by atoms with Crippen LogP contribution in [0.5, 0.6) is 0 Å². The van der Waals surface area contributed by atoms with Crippen molar-refractivity contribution < 1.29 is 9.59 Å². The van der Waals surface area contributed by atoms with Gasteiger partial charge in [-0.05, 0) is 37.1 Å². The second-order valence-corrected chi connectivity index (χ2v) is 5.93. The number of nitrogens with zero attached hydrogens (tertiary/aromatic N) is 1. The van der Waals surface area contributed by atoms with E-state index in [9.17, 15) is 9.59 Å².